The van der Waals surface area contributed by atoms with Crippen LogP contribution in [0.5, 0.6) is 0 Å². The Morgan fingerprint density at radius 1 is 1.15 bits per heavy atom. The Hall–Kier alpha value is -0.330. The average molecular weight is 184 g/mol. The predicted octanol–water partition coefficient (Wildman–Crippen LogP) is 3.67. The van der Waals surface area contributed by atoms with E-state index in [1.807, 2.05) is 0 Å². The zero-order chi connectivity index (χ0) is 10.7. The molecule has 78 valence electrons. The first-order valence-corrected chi connectivity index (χ1v) is 5.17. The van der Waals surface area contributed by atoms with E-state index in [2.05, 4.69) is 41.5 Å². The van der Waals surface area contributed by atoms with Crippen molar-refractivity contribution >= 4 is 6.29 Å². The van der Waals surface area contributed by atoms with E-state index in [-0.39, 0.29) is 5.41 Å². The standard InChI is InChI=1S/C12H24O/c1-10(8-7-9-13)12(5,6)11(2,3)4/h9-10H,7-8H2,1-6H3. The van der Waals surface area contributed by atoms with E-state index in [9.17, 15) is 4.79 Å². The Morgan fingerprint density at radius 2 is 1.62 bits per heavy atom. The molecule has 0 aromatic carbocycles. The highest BCUT2D eigenvalue weighted by atomic mass is 16.1. The summed E-state index contributed by atoms with van der Waals surface area (Å²) in [4.78, 5) is 10.3. The molecule has 0 aliphatic heterocycles. The number of hydrogen-bond donors (Lipinski definition) is 0. The van der Waals surface area contributed by atoms with E-state index >= 15 is 0 Å². The monoisotopic (exact) mass is 184 g/mol. The van der Waals surface area contributed by atoms with Gasteiger partial charge in [-0.25, -0.2) is 0 Å². The van der Waals surface area contributed by atoms with Crippen molar-refractivity contribution in [2.75, 3.05) is 0 Å². The summed E-state index contributed by atoms with van der Waals surface area (Å²) in [6.45, 7) is 13.6. The van der Waals surface area contributed by atoms with E-state index in [0.29, 0.717) is 17.8 Å². The number of rotatable bonds is 4. The lowest BCUT2D eigenvalue weighted by molar-refractivity contribution is -0.108. The van der Waals surface area contributed by atoms with Gasteiger partial charge in [0.15, 0.2) is 0 Å². The van der Waals surface area contributed by atoms with Crippen LogP contribution in [0.3, 0.4) is 0 Å². The molecule has 0 spiro atoms. The van der Waals surface area contributed by atoms with Crippen LogP contribution in [0, 0.1) is 16.7 Å². The van der Waals surface area contributed by atoms with E-state index < -0.39 is 0 Å². The minimum atomic E-state index is 0.288. The maximum Gasteiger partial charge on any atom is 0.120 e. The molecule has 1 nitrogen and oxygen atoms in total. The predicted molar refractivity (Wildman–Crippen MR) is 57.7 cm³/mol. The van der Waals surface area contributed by atoms with Gasteiger partial charge in [-0.2, -0.15) is 0 Å². The van der Waals surface area contributed by atoms with Crippen LogP contribution in [-0.2, 0) is 4.79 Å². The first-order valence-electron chi connectivity index (χ1n) is 5.17. The second-order valence-corrected chi connectivity index (χ2v) is 5.62. The van der Waals surface area contributed by atoms with Gasteiger partial charge in [0.1, 0.15) is 6.29 Å². The molecule has 0 aliphatic carbocycles. The summed E-state index contributed by atoms with van der Waals surface area (Å²) in [6.07, 6.45) is 2.73. The first-order chi connectivity index (χ1) is 5.73. The summed E-state index contributed by atoms with van der Waals surface area (Å²) < 4.78 is 0. The molecule has 1 unspecified atom stereocenters. The van der Waals surface area contributed by atoms with Crippen molar-refractivity contribution in [3.63, 3.8) is 0 Å². The van der Waals surface area contributed by atoms with Crippen LogP contribution in [0.4, 0.5) is 0 Å². The molecule has 0 bridgehead atoms. The van der Waals surface area contributed by atoms with Crippen LogP contribution >= 0.6 is 0 Å². The number of carbonyl (C=O) groups excluding carboxylic acids is 1. The van der Waals surface area contributed by atoms with Gasteiger partial charge in [0.25, 0.3) is 0 Å². The molecule has 0 saturated heterocycles. The molecular formula is C12H24O. The fourth-order valence-electron chi connectivity index (χ4n) is 1.42. The van der Waals surface area contributed by atoms with Crippen LogP contribution in [-0.4, -0.2) is 6.29 Å². The molecule has 0 amide bonds. The van der Waals surface area contributed by atoms with Gasteiger partial charge < -0.3 is 4.79 Å². The average Bonchev–Trinajstić information content (AvgIpc) is 1.97. The number of aldehydes is 1. The van der Waals surface area contributed by atoms with Gasteiger partial charge in [-0.1, -0.05) is 41.5 Å². The van der Waals surface area contributed by atoms with Gasteiger partial charge in [0, 0.05) is 6.42 Å². The molecule has 0 N–H and O–H groups in total. The van der Waals surface area contributed by atoms with Gasteiger partial charge in [-0.3, -0.25) is 0 Å². The molecular weight excluding hydrogens is 160 g/mol. The Balaban J connectivity index is 4.35. The molecule has 13 heavy (non-hydrogen) atoms. The third-order valence-corrected chi connectivity index (χ3v) is 3.88. The van der Waals surface area contributed by atoms with E-state index in [1.54, 1.807) is 0 Å². The molecule has 0 aromatic heterocycles. The third-order valence-electron chi connectivity index (χ3n) is 3.88. The zero-order valence-electron chi connectivity index (χ0n) is 9.98. The molecule has 0 saturated carbocycles. The summed E-state index contributed by atoms with van der Waals surface area (Å²) in [5.41, 5.74) is 0.589. The van der Waals surface area contributed by atoms with E-state index in [1.165, 1.54) is 0 Å². The third kappa shape index (κ3) is 3.13. The number of carbonyl (C=O) groups is 1. The molecule has 1 heteroatoms. The van der Waals surface area contributed by atoms with Gasteiger partial charge in [-0.05, 0) is 23.2 Å². The summed E-state index contributed by atoms with van der Waals surface area (Å²) in [5, 5.41) is 0. The summed E-state index contributed by atoms with van der Waals surface area (Å²) >= 11 is 0. The van der Waals surface area contributed by atoms with Crippen molar-refractivity contribution in [2.24, 2.45) is 16.7 Å². The minimum Gasteiger partial charge on any atom is -0.303 e. The van der Waals surface area contributed by atoms with Gasteiger partial charge in [-0.15, -0.1) is 0 Å². The lowest BCUT2D eigenvalue weighted by atomic mass is 9.62. The quantitative estimate of drug-likeness (QED) is 0.609. The van der Waals surface area contributed by atoms with Gasteiger partial charge in [0.05, 0.1) is 0 Å². The van der Waals surface area contributed by atoms with Crippen LogP contribution in [0.25, 0.3) is 0 Å². The SMILES string of the molecule is CC(CCC=O)C(C)(C)C(C)(C)C. The summed E-state index contributed by atoms with van der Waals surface area (Å²) in [6, 6.07) is 0. The fourth-order valence-corrected chi connectivity index (χ4v) is 1.42. The van der Waals surface area contributed by atoms with Crippen LogP contribution < -0.4 is 0 Å². The molecule has 0 aromatic rings. The van der Waals surface area contributed by atoms with Gasteiger partial charge in [0.2, 0.25) is 0 Å². The van der Waals surface area contributed by atoms with Crippen LogP contribution in [0.1, 0.15) is 54.4 Å². The minimum absolute atomic E-state index is 0.288. The largest absolute Gasteiger partial charge is 0.303 e. The maximum atomic E-state index is 10.3. The van der Waals surface area contributed by atoms with Crippen LogP contribution in [0.2, 0.25) is 0 Å². The molecule has 0 radical (unpaired) electrons. The molecule has 0 aliphatic rings. The van der Waals surface area contributed by atoms with Crippen molar-refractivity contribution in [2.45, 2.75) is 54.4 Å². The molecule has 0 rings (SSSR count). The fraction of sp³-hybridized carbons (Fsp3) is 0.917. The first kappa shape index (κ1) is 12.7. The van der Waals surface area contributed by atoms with Gasteiger partial charge >= 0.3 is 0 Å². The van der Waals surface area contributed by atoms with Crippen molar-refractivity contribution in [1.82, 2.24) is 0 Å². The molecule has 0 heterocycles. The van der Waals surface area contributed by atoms with Crippen molar-refractivity contribution < 1.29 is 4.79 Å². The smallest absolute Gasteiger partial charge is 0.120 e. The van der Waals surface area contributed by atoms with E-state index in [0.717, 1.165) is 12.7 Å². The highest BCUT2D eigenvalue weighted by Gasteiger charge is 2.36. The Bertz CT molecular complexity index is 162. The highest BCUT2D eigenvalue weighted by Crippen LogP contribution is 2.45. The maximum absolute atomic E-state index is 10.3. The highest BCUT2D eigenvalue weighted by molar-refractivity contribution is 5.49. The topological polar surface area (TPSA) is 17.1 Å². The number of hydrogen-bond acceptors (Lipinski definition) is 1. The molecule has 0 fully saturated rings. The lowest BCUT2D eigenvalue weighted by Crippen LogP contribution is -2.35. The normalized spacial score (nSPS) is 15.5. The van der Waals surface area contributed by atoms with Crippen molar-refractivity contribution in [1.29, 1.82) is 0 Å². The molecule has 1 atom stereocenters. The Morgan fingerprint density at radius 3 is 1.92 bits per heavy atom. The van der Waals surface area contributed by atoms with E-state index in [4.69, 9.17) is 0 Å². The summed E-state index contributed by atoms with van der Waals surface area (Å²) in [5.74, 6) is 0.595. The Labute approximate surface area is 82.9 Å². The summed E-state index contributed by atoms with van der Waals surface area (Å²) in [7, 11) is 0. The zero-order valence-corrected chi connectivity index (χ0v) is 9.98. The van der Waals surface area contributed by atoms with Crippen molar-refractivity contribution in [3.8, 4) is 0 Å². The lowest BCUT2D eigenvalue weighted by Gasteiger charge is -2.43. The van der Waals surface area contributed by atoms with Crippen molar-refractivity contribution in [3.05, 3.63) is 0 Å². The second kappa shape index (κ2) is 4.26. The second-order valence-electron chi connectivity index (χ2n) is 5.62. The van der Waals surface area contributed by atoms with Crippen LogP contribution in [0.15, 0.2) is 0 Å². The Kier molecular flexibility index (Phi) is 4.15.